The molecule has 1 atom stereocenters. The first-order valence-corrected chi connectivity index (χ1v) is 14.2. The van der Waals surface area contributed by atoms with E-state index >= 15 is 0 Å². The van der Waals surface area contributed by atoms with Crippen LogP contribution in [0.15, 0.2) is 72.8 Å². The monoisotopic (exact) mass is 572 g/mol. The number of ether oxygens (including phenoxy) is 3. The summed E-state index contributed by atoms with van der Waals surface area (Å²) in [7, 11) is 0. The van der Waals surface area contributed by atoms with Crippen molar-refractivity contribution in [2.24, 2.45) is 0 Å². The van der Waals surface area contributed by atoms with Crippen molar-refractivity contribution >= 4 is 23.7 Å². The van der Waals surface area contributed by atoms with Crippen molar-refractivity contribution < 1.29 is 28.6 Å². The molecule has 4 rings (SSSR count). The Labute approximate surface area is 248 Å². The number of amides is 2. The minimum Gasteiger partial charge on any atom is -0.489 e. The van der Waals surface area contributed by atoms with Crippen LogP contribution in [-0.4, -0.2) is 41.8 Å². The Balaban J connectivity index is 1.47. The smallest absolute Gasteiger partial charge is 0.408 e. The van der Waals surface area contributed by atoms with Gasteiger partial charge in [0.15, 0.2) is 0 Å². The molecule has 8 heteroatoms. The Bertz CT molecular complexity index is 1370. The number of hydrogen-bond donors (Lipinski definition) is 1. The lowest BCUT2D eigenvalue weighted by Crippen LogP contribution is -2.50. The fraction of sp³-hybridized carbons (Fsp3) is 0.382. The lowest BCUT2D eigenvalue weighted by molar-refractivity contribution is -0.156. The third-order valence-corrected chi connectivity index (χ3v) is 6.46. The van der Waals surface area contributed by atoms with E-state index < -0.39 is 35.2 Å². The summed E-state index contributed by atoms with van der Waals surface area (Å²) in [6, 6.07) is 22.8. The lowest BCUT2D eigenvalue weighted by atomic mass is 10.0. The van der Waals surface area contributed by atoms with E-state index in [9.17, 15) is 14.4 Å². The highest BCUT2D eigenvalue weighted by molar-refractivity contribution is 6.02. The molecule has 0 bridgehead atoms. The molecule has 222 valence electrons. The second-order valence-corrected chi connectivity index (χ2v) is 12.4. The van der Waals surface area contributed by atoms with Gasteiger partial charge < -0.3 is 24.4 Å². The van der Waals surface area contributed by atoms with Gasteiger partial charge in [-0.1, -0.05) is 48.5 Å². The number of nitrogens with zero attached hydrogens (tertiary/aromatic N) is 1. The molecule has 8 nitrogen and oxygen atoms in total. The molecule has 2 amide bonds. The standard InChI is InChI=1S/C34H40N2O6/c1-33(2,3)41-30(37)21-28(35-32(39)42-34(4,5)6)31(38)36-19-18-26-20-25(14-17-29(26)36)24-12-15-27(16-13-24)40-22-23-10-8-7-9-11-23/h7-17,20,28H,18-19,21-22H2,1-6H3,(H,35,39)/t28-/m1/s1. The summed E-state index contributed by atoms with van der Waals surface area (Å²) in [6.07, 6.45) is -0.424. The first-order chi connectivity index (χ1) is 19.8. The number of benzene rings is 3. The van der Waals surface area contributed by atoms with E-state index in [0.29, 0.717) is 19.6 Å². The molecule has 1 N–H and O–H groups in total. The molecule has 0 fully saturated rings. The summed E-state index contributed by atoms with van der Waals surface area (Å²) in [5.74, 6) is -0.185. The quantitative estimate of drug-likeness (QED) is 0.312. The van der Waals surface area contributed by atoms with Gasteiger partial charge >= 0.3 is 12.1 Å². The second-order valence-electron chi connectivity index (χ2n) is 12.4. The van der Waals surface area contributed by atoms with Gasteiger partial charge in [-0.25, -0.2) is 4.79 Å². The number of hydrogen-bond acceptors (Lipinski definition) is 6. The number of anilines is 1. The fourth-order valence-electron chi connectivity index (χ4n) is 4.68. The topological polar surface area (TPSA) is 94.2 Å². The van der Waals surface area contributed by atoms with Crippen LogP contribution >= 0.6 is 0 Å². The Morgan fingerprint density at radius 2 is 1.48 bits per heavy atom. The number of rotatable bonds is 8. The molecule has 0 aliphatic carbocycles. The van der Waals surface area contributed by atoms with Crippen LogP contribution in [0.1, 0.15) is 59.1 Å². The first kappa shape index (κ1) is 30.6. The number of esters is 1. The van der Waals surface area contributed by atoms with Gasteiger partial charge in [0, 0.05) is 12.2 Å². The number of fused-ring (bicyclic) bond motifs is 1. The van der Waals surface area contributed by atoms with Gasteiger partial charge in [0.2, 0.25) is 5.91 Å². The summed E-state index contributed by atoms with van der Waals surface area (Å²) < 4.78 is 16.7. The van der Waals surface area contributed by atoms with Crippen LogP contribution in [-0.2, 0) is 32.1 Å². The van der Waals surface area contributed by atoms with Gasteiger partial charge in [0.1, 0.15) is 29.6 Å². The zero-order valence-corrected chi connectivity index (χ0v) is 25.2. The van der Waals surface area contributed by atoms with E-state index in [1.165, 1.54) is 0 Å². The Kier molecular flexibility index (Phi) is 9.24. The zero-order valence-electron chi connectivity index (χ0n) is 25.2. The van der Waals surface area contributed by atoms with E-state index in [1.54, 1.807) is 46.4 Å². The van der Waals surface area contributed by atoms with Crippen molar-refractivity contribution in [2.45, 2.75) is 78.2 Å². The number of carbonyl (C=O) groups is 3. The molecule has 0 saturated carbocycles. The summed E-state index contributed by atoms with van der Waals surface area (Å²) in [6.45, 7) is 11.4. The average Bonchev–Trinajstić information content (AvgIpc) is 3.33. The summed E-state index contributed by atoms with van der Waals surface area (Å²) >= 11 is 0. The zero-order chi connectivity index (χ0) is 30.5. The van der Waals surface area contributed by atoms with E-state index in [2.05, 4.69) is 11.4 Å². The van der Waals surface area contributed by atoms with Crippen LogP contribution in [0.4, 0.5) is 10.5 Å². The van der Waals surface area contributed by atoms with Crippen molar-refractivity contribution in [3.63, 3.8) is 0 Å². The van der Waals surface area contributed by atoms with Gasteiger partial charge in [0.05, 0.1) is 6.42 Å². The van der Waals surface area contributed by atoms with Crippen LogP contribution in [0.25, 0.3) is 11.1 Å². The van der Waals surface area contributed by atoms with Crippen molar-refractivity contribution in [3.8, 4) is 16.9 Å². The maximum Gasteiger partial charge on any atom is 0.408 e. The Morgan fingerprint density at radius 1 is 0.833 bits per heavy atom. The highest BCUT2D eigenvalue weighted by Gasteiger charge is 2.35. The minimum atomic E-state index is -1.14. The van der Waals surface area contributed by atoms with E-state index in [1.807, 2.05) is 66.7 Å². The fourth-order valence-corrected chi connectivity index (χ4v) is 4.68. The predicted molar refractivity (Wildman–Crippen MR) is 162 cm³/mol. The molecule has 1 heterocycles. The molecule has 0 spiro atoms. The Hall–Kier alpha value is -4.33. The largest absolute Gasteiger partial charge is 0.489 e. The molecule has 0 saturated heterocycles. The van der Waals surface area contributed by atoms with Gasteiger partial charge in [-0.2, -0.15) is 0 Å². The van der Waals surface area contributed by atoms with Crippen LogP contribution < -0.4 is 15.0 Å². The van der Waals surface area contributed by atoms with E-state index in [-0.39, 0.29) is 6.42 Å². The van der Waals surface area contributed by atoms with Gasteiger partial charge in [-0.3, -0.25) is 9.59 Å². The molecule has 0 unspecified atom stereocenters. The van der Waals surface area contributed by atoms with E-state index in [4.69, 9.17) is 14.2 Å². The van der Waals surface area contributed by atoms with Crippen molar-refractivity contribution in [3.05, 3.63) is 83.9 Å². The Morgan fingerprint density at radius 3 is 2.12 bits per heavy atom. The van der Waals surface area contributed by atoms with Crippen LogP contribution in [0.5, 0.6) is 5.75 Å². The average molecular weight is 573 g/mol. The molecule has 3 aromatic carbocycles. The van der Waals surface area contributed by atoms with Crippen LogP contribution in [0.3, 0.4) is 0 Å². The summed E-state index contributed by atoms with van der Waals surface area (Å²) in [5, 5.41) is 2.60. The minimum absolute atomic E-state index is 0.308. The SMILES string of the molecule is CC(C)(C)OC(=O)C[C@@H](NC(=O)OC(C)(C)C)C(=O)N1CCc2cc(-c3ccc(OCc4ccccc4)cc3)ccc21. The van der Waals surface area contributed by atoms with Gasteiger partial charge in [-0.05, 0) is 94.5 Å². The van der Waals surface area contributed by atoms with Crippen LogP contribution in [0.2, 0.25) is 0 Å². The van der Waals surface area contributed by atoms with E-state index in [0.717, 1.165) is 33.7 Å². The van der Waals surface area contributed by atoms with Crippen LogP contribution in [0, 0.1) is 0 Å². The first-order valence-electron chi connectivity index (χ1n) is 14.2. The third-order valence-electron chi connectivity index (χ3n) is 6.46. The summed E-state index contributed by atoms with van der Waals surface area (Å²) in [5.41, 5.74) is 3.45. The molecule has 42 heavy (non-hydrogen) atoms. The molecule has 0 aromatic heterocycles. The third kappa shape index (κ3) is 8.59. The lowest BCUT2D eigenvalue weighted by Gasteiger charge is -2.27. The highest BCUT2D eigenvalue weighted by Crippen LogP contribution is 2.33. The van der Waals surface area contributed by atoms with Crippen molar-refractivity contribution in [1.29, 1.82) is 0 Å². The number of carbonyl (C=O) groups excluding carboxylic acids is 3. The maximum absolute atomic E-state index is 13.7. The predicted octanol–water partition coefficient (Wildman–Crippen LogP) is 6.45. The molecular formula is C34H40N2O6. The van der Waals surface area contributed by atoms with Gasteiger partial charge in [0.25, 0.3) is 0 Å². The number of nitrogens with one attached hydrogen (secondary N) is 1. The maximum atomic E-state index is 13.7. The highest BCUT2D eigenvalue weighted by atomic mass is 16.6. The second kappa shape index (κ2) is 12.7. The van der Waals surface area contributed by atoms with Crippen molar-refractivity contribution in [1.82, 2.24) is 5.32 Å². The summed E-state index contributed by atoms with van der Waals surface area (Å²) in [4.78, 5) is 40.5. The molecule has 1 aliphatic rings. The molecule has 1 aliphatic heterocycles. The normalized spacial score (nSPS) is 13.6. The van der Waals surface area contributed by atoms with Crippen molar-refractivity contribution in [2.75, 3.05) is 11.4 Å². The number of alkyl carbamates (subject to hydrolysis) is 1. The molecular weight excluding hydrogens is 532 g/mol. The molecule has 3 aromatic rings. The molecule has 0 radical (unpaired) electrons. The van der Waals surface area contributed by atoms with Gasteiger partial charge in [-0.15, -0.1) is 0 Å².